The number of fused-ring (bicyclic) bond motifs is 3. The summed E-state index contributed by atoms with van der Waals surface area (Å²) in [4.78, 5) is 4.57. The number of imidazole rings is 2. The molecule has 3 aromatic rings. The number of aliphatic hydroxyl groups excluding tert-OH is 1. The maximum Gasteiger partial charge on any atom is 0.215 e. The molecule has 2 aromatic heterocycles. The van der Waals surface area contributed by atoms with Crippen molar-refractivity contribution >= 4 is 33.8 Å². The van der Waals surface area contributed by atoms with Gasteiger partial charge in [-0.15, -0.1) is 17.0 Å². The Labute approximate surface area is 109 Å². The van der Waals surface area contributed by atoms with Gasteiger partial charge in [0.05, 0.1) is 17.6 Å². The van der Waals surface area contributed by atoms with Crippen LogP contribution in [0.2, 0.25) is 0 Å². The van der Waals surface area contributed by atoms with E-state index in [2.05, 4.69) is 21.6 Å². The normalized spacial score (nSPS) is 10.9. The minimum atomic E-state index is 0. The Morgan fingerprint density at radius 3 is 2.82 bits per heavy atom. The predicted octanol–water partition coefficient (Wildman–Crippen LogP) is 2.17. The average molecular weight is 296 g/mol. The number of hydrogen-bond donors (Lipinski definition) is 1. The van der Waals surface area contributed by atoms with E-state index in [1.165, 1.54) is 0 Å². The van der Waals surface area contributed by atoms with Crippen LogP contribution in [0.15, 0.2) is 30.5 Å². The lowest BCUT2D eigenvalue weighted by atomic mass is 10.3. The Morgan fingerprint density at radius 1 is 1.29 bits per heavy atom. The van der Waals surface area contributed by atoms with Gasteiger partial charge in [-0.05, 0) is 19.1 Å². The molecule has 0 atom stereocenters. The summed E-state index contributed by atoms with van der Waals surface area (Å²) in [6.45, 7) is 2.75. The van der Waals surface area contributed by atoms with Crippen LogP contribution < -0.4 is 0 Å². The molecule has 0 unspecified atom stereocenters. The number of hydrogen-bond acceptors (Lipinski definition) is 2. The summed E-state index contributed by atoms with van der Waals surface area (Å²) in [5, 5.41) is 9.04. The SMILES string of the molecule is Br.Cc1cn2c3ccccc3nc2n1CCO. The van der Waals surface area contributed by atoms with Crippen LogP contribution in [0.5, 0.6) is 0 Å². The van der Waals surface area contributed by atoms with Gasteiger partial charge in [-0.1, -0.05) is 12.1 Å². The molecule has 0 amide bonds. The monoisotopic (exact) mass is 295 g/mol. The zero-order valence-corrected chi connectivity index (χ0v) is 11.2. The van der Waals surface area contributed by atoms with Crippen molar-refractivity contribution in [2.45, 2.75) is 13.5 Å². The van der Waals surface area contributed by atoms with Gasteiger partial charge in [-0.3, -0.25) is 4.40 Å². The van der Waals surface area contributed by atoms with E-state index in [9.17, 15) is 0 Å². The van der Waals surface area contributed by atoms with Crippen molar-refractivity contribution in [1.82, 2.24) is 14.0 Å². The van der Waals surface area contributed by atoms with Crippen LogP contribution in [0.1, 0.15) is 5.69 Å². The predicted molar refractivity (Wildman–Crippen MR) is 72.8 cm³/mol. The number of nitrogens with zero attached hydrogens (tertiary/aromatic N) is 3. The van der Waals surface area contributed by atoms with Crippen molar-refractivity contribution in [3.8, 4) is 0 Å². The third-order valence-corrected chi connectivity index (χ3v) is 2.88. The van der Waals surface area contributed by atoms with E-state index in [4.69, 9.17) is 5.11 Å². The van der Waals surface area contributed by atoms with Gasteiger partial charge in [0, 0.05) is 18.4 Å². The molecule has 0 fully saturated rings. The highest BCUT2D eigenvalue weighted by molar-refractivity contribution is 8.93. The lowest BCUT2D eigenvalue weighted by Gasteiger charge is -2.01. The maximum absolute atomic E-state index is 9.04. The largest absolute Gasteiger partial charge is 0.395 e. The third-order valence-electron chi connectivity index (χ3n) is 2.88. The molecule has 4 nitrogen and oxygen atoms in total. The maximum atomic E-state index is 9.04. The number of aryl methyl sites for hydroxylation is 1. The molecule has 2 heterocycles. The van der Waals surface area contributed by atoms with E-state index in [0.717, 1.165) is 22.5 Å². The van der Waals surface area contributed by atoms with Crippen LogP contribution in [-0.4, -0.2) is 25.7 Å². The molecular formula is C12H14BrN3O. The highest BCUT2D eigenvalue weighted by Crippen LogP contribution is 2.18. The zero-order valence-electron chi connectivity index (χ0n) is 9.50. The standard InChI is InChI=1S/C12H13N3O.BrH/c1-9-8-15-11-5-3-2-4-10(11)13-12(15)14(9)6-7-16;/h2-5,8,16H,6-7H2,1H3;1H. The number of halogens is 1. The summed E-state index contributed by atoms with van der Waals surface area (Å²) in [6.07, 6.45) is 2.06. The summed E-state index contributed by atoms with van der Waals surface area (Å²) in [7, 11) is 0. The Hall–Kier alpha value is -1.33. The van der Waals surface area contributed by atoms with Crippen molar-refractivity contribution in [3.63, 3.8) is 0 Å². The first kappa shape index (κ1) is 12.1. The molecule has 0 bridgehead atoms. The number of para-hydroxylation sites is 2. The lowest BCUT2D eigenvalue weighted by Crippen LogP contribution is -2.04. The van der Waals surface area contributed by atoms with Gasteiger partial charge < -0.3 is 9.67 Å². The first-order valence-corrected chi connectivity index (χ1v) is 5.35. The molecule has 1 N–H and O–H groups in total. The van der Waals surface area contributed by atoms with Gasteiger partial charge in [0.2, 0.25) is 5.78 Å². The van der Waals surface area contributed by atoms with Gasteiger partial charge in [0.1, 0.15) is 0 Å². The van der Waals surface area contributed by atoms with Gasteiger partial charge >= 0.3 is 0 Å². The second kappa shape index (κ2) is 4.50. The molecule has 0 radical (unpaired) electrons. The van der Waals surface area contributed by atoms with Gasteiger partial charge in [-0.25, -0.2) is 4.98 Å². The molecule has 0 aliphatic carbocycles. The molecule has 0 saturated carbocycles. The number of benzene rings is 1. The summed E-state index contributed by atoms with van der Waals surface area (Å²) in [6, 6.07) is 8.05. The topological polar surface area (TPSA) is 42.5 Å². The summed E-state index contributed by atoms with van der Waals surface area (Å²) in [5.41, 5.74) is 3.21. The Balaban J connectivity index is 0.00000108. The van der Waals surface area contributed by atoms with Crippen LogP contribution in [-0.2, 0) is 6.54 Å². The minimum Gasteiger partial charge on any atom is -0.395 e. The molecule has 0 spiro atoms. The fraction of sp³-hybridized carbons (Fsp3) is 0.250. The van der Waals surface area contributed by atoms with E-state index in [1.807, 2.05) is 29.7 Å². The van der Waals surface area contributed by atoms with E-state index >= 15 is 0 Å². The Bertz CT molecular complexity index is 656. The van der Waals surface area contributed by atoms with E-state index in [1.54, 1.807) is 0 Å². The fourth-order valence-corrected chi connectivity index (χ4v) is 2.14. The molecule has 0 aliphatic rings. The average Bonchev–Trinajstić information content (AvgIpc) is 2.78. The smallest absolute Gasteiger partial charge is 0.215 e. The van der Waals surface area contributed by atoms with E-state index in [0.29, 0.717) is 6.54 Å². The first-order chi connectivity index (χ1) is 7.81. The number of aromatic nitrogens is 3. The van der Waals surface area contributed by atoms with E-state index in [-0.39, 0.29) is 23.6 Å². The second-order valence-corrected chi connectivity index (χ2v) is 3.92. The molecule has 5 heteroatoms. The van der Waals surface area contributed by atoms with Crippen molar-refractivity contribution < 1.29 is 5.11 Å². The van der Waals surface area contributed by atoms with Gasteiger partial charge in [0.15, 0.2) is 0 Å². The summed E-state index contributed by atoms with van der Waals surface area (Å²) < 4.78 is 4.10. The quantitative estimate of drug-likeness (QED) is 0.787. The number of rotatable bonds is 2. The Morgan fingerprint density at radius 2 is 2.06 bits per heavy atom. The third kappa shape index (κ3) is 1.75. The lowest BCUT2D eigenvalue weighted by molar-refractivity contribution is 0.276. The van der Waals surface area contributed by atoms with Crippen LogP contribution >= 0.6 is 17.0 Å². The molecule has 0 saturated heterocycles. The van der Waals surface area contributed by atoms with Crippen molar-refractivity contribution in [2.24, 2.45) is 0 Å². The van der Waals surface area contributed by atoms with Crippen LogP contribution in [0.3, 0.4) is 0 Å². The molecule has 0 aliphatic heterocycles. The molecule has 1 aromatic carbocycles. The van der Waals surface area contributed by atoms with Crippen molar-refractivity contribution in [3.05, 3.63) is 36.2 Å². The van der Waals surface area contributed by atoms with Crippen LogP contribution in [0.25, 0.3) is 16.8 Å². The van der Waals surface area contributed by atoms with Crippen molar-refractivity contribution in [1.29, 1.82) is 0 Å². The highest BCUT2D eigenvalue weighted by atomic mass is 79.9. The number of aliphatic hydroxyl groups is 1. The minimum absolute atomic E-state index is 0. The zero-order chi connectivity index (χ0) is 11.1. The molecule has 3 rings (SSSR count). The molecule has 90 valence electrons. The van der Waals surface area contributed by atoms with Crippen LogP contribution in [0, 0.1) is 6.92 Å². The molecular weight excluding hydrogens is 282 g/mol. The fourth-order valence-electron chi connectivity index (χ4n) is 2.14. The van der Waals surface area contributed by atoms with Crippen molar-refractivity contribution in [2.75, 3.05) is 6.61 Å². The van der Waals surface area contributed by atoms with Gasteiger partial charge in [0.25, 0.3) is 0 Å². The Kier molecular flexibility index (Phi) is 3.22. The second-order valence-electron chi connectivity index (χ2n) is 3.92. The molecule has 17 heavy (non-hydrogen) atoms. The first-order valence-electron chi connectivity index (χ1n) is 5.35. The summed E-state index contributed by atoms with van der Waals surface area (Å²) >= 11 is 0. The van der Waals surface area contributed by atoms with Gasteiger partial charge in [-0.2, -0.15) is 0 Å². The highest BCUT2D eigenvalue weighted by Gasteiger charge is 2.10. The summed E-state index contributed by atoms with van der Waals surface area (Å²) in [5.74, 6) is 0.896. The van der Waals surface area contributed by atoms with Crippen LogP contribution in [0.4, 0.5) is 0 Å². The van der Waals surface area contributed by atoms with E-state index < -0.39 is 0 Å².